The number of aryl methyl sites for hydroxylation is 3. The lowest BCUT2D eigenvalue weighted by Crippen LogP contribution is -2.46. The van der Waals surface area contributed by atoms with Crippen LogP contribution in [0.5, 0.6) is 0 Å². The molecular weight excluding hydrogens is 324 g/mol. The average molecular weight is 346 g/mol. The molecule has 0 aliphatic carbocycles. The summed E-state index contributed by atoms with van der Waals surface area (Å²) in [5.41, 5.74) is 2.86. The minimum atomic E-state index is 0.0649. The number of nitrogens with zero attached hydrogens (tertiary/aromatic N) is 4. The van der Waals surface area contributed by atoms with E-state index in [4.69, 9.17) is 4.74 Å². The quantitative estimate of drug-likeness (QED) is 0.828. The molecule has 1 aliphatic rings. The third kappa shape index (κ3) is 4.58. The normalized spacial score (nSPS) is 17.9. The summed E-state index contributed by atoms with van der Waals surface area (Å²) in [5.74, 6) is 0.131. The van der Waals surface area contributed by atoms with E-state index in [0.717, 1.165) is 34.9 Å². The second-order valence-corrected chi connectivity index (χ2v) is 7.12. The van der Waals surface area contributed by atoms with E-state index in [9.17, 15) is 4.79 Å². The lowest BCUT2D eigenvalue weighted by molar-refractivity contribution is -0.138. The van der Waals surface area contributed by atoms with Gasteiger partial charge in [0.05, 0.1) is 29.8 Å². The summed E-state index contributed by atoms with van der Waals surface area (Å²) in [7, 11) is 0. The fourth-order valence-corrected chi connectivity index (χ4v) is 3.44. The van der Waals surface area contributed by atoms with Crippen LogP contribution in [0.2, 0.25) is 0 Å². The highest BCUT2D eigenvalue weighted by molar-refractivity contribution is 7.09. The van der Waals surface area contributed by atoms with Crippen LogP contribution in [0, 0.1) is 13.8 Å². The Labute approximate surface area is 145 Å². The van der Waals surface area contributed by atoms with Crippen molar-refractivity contribution < 1.29 is 9.53 Å². The molecule has 24 heavy (non-hydrogen) atoms. The van der Waals surface area contributed by atoms with E-state index in [-0.39, 0.29) is 12.0 Å². The van der Waals surface area contributed by atoms with Crippen molar-refractivity contribution in [1.82, 2.24) is 19.9 Å². The fraction of sp³-hybridized carbons (Fsp3) is 0.529. The molecule has 2 aromatic heterocycles. The molecule has 0 N–H and O–H groups in total. The van der Waals surface area contributed by atoms with Crippen molar-refractivity contribution in [1.29, 1.82) is 0 Å². The largest absolute Gasteiger partial charge is 0.375 e. The first kappa shape index (κ1) is 17.0. The van der Waals surface area contributed by atoms with Gasteiger partial charge in [0.2, 0.25) is 5.91 Å². The van der Waals surface area contributed by atoms with Gasteiger partial charge in [0.15, 0.2) is 0 Å². The van der Waals surface area contributed by atoms with Crippen LogP contribution in [0.1, 0.15) is 28.5 Å². The Bertz CT molecular complexity index is 703. The molecule has 6 nitrogen and oxygen atoms in total. The summed E-state index contributed by atoms with van der Waals surface area (Å²) in [5, 5.41) is 2.96. The van der Waals surface area contributed by atoms with E-state index < -0.39 is 0 Å². The minimum Gasteiger partial charge on any atom is -0.375 e. The lowest BCUT2D eigenvalue weighted by atomic mass is 10.1. The van der Waals surface area contributed by atoms with E-state index >= 15 is 0 Å². The lowest BCUT2D eigenvalue weighted by Gasteiger charge is -2.33. The third-order valence-electron chi connectivity index (χ3n) is 4.07. The molecule has 0 spiro atoms. The number of amides is 1. The molecule has 1 fully saturated rings. The average Bonchev–Trinajstić information content (AvgIpc) is 2.98. The van der Waals surface area contributed by atoms with Crippen LogP contribution in [0.15, 0.2) is 17.8 Å². The van der Waals surface area contributed by atoms with Gasteiger partial charge in [0.1, 0.15) is 6.33 Å². The zero-order valence-electron chi connectivity index (χ0n) is 14.1. The number of morpholine rings is 1. The predicted octanol–water partition coefficient (Wildman–Crippen LogP) is 1.95. The van der Waals surface area contributed by atoms with Gasteiger partial charge in [0, 0.05) is 29.9 Å². The highest BCUT2D eigenvalue weighted by atomic mass is 32.1. The summed E-state index contributed by atoms with van der Waals surface area (Å²) in [6, 6.07) is 2.00. The summed E-state index contributed by atoms with van der Waals surface area (Å²) in [6.45, 7) is 5.81. The number of rotatable bonds is 5. The maximum absolute atomic E-state index is 12.5. The van der Waals surface area contributed by atoms with E-state index in [1.807, 2.05) is 30.2 Å². The van der Waals surface area contributed by atoms with Gasteiger partial charge in [-0.1, -0.05) is 0 Å². The summed E-state index contributed by atoms with van der Waals surface area (Å²) in [4.78, 5) is 27.1. The molecule has 3 heterocycles. The van der Waals surface area contributed by atoms with Gasteiger partial charge < -0.3 is 9.64 Å². The fourth-order valence-electron chi connectivity index (χ4n) is 2.83. The summed E-state index contributed by atoms with van der Waals surface area (Å²) in [6.07, 6.45) is 3.73. The zero-order valence-corrected chi connectivity index (χ0v) is 14.9. The van der Waals surface area contributed by atoms with E-state index in [1.54, 1.807) is 17.7 Å². The Kier molecular flexibility index (Phi) is 5.52. The monoisotopic (exact) mass is 346 g/mol. The SMILES string of the molecule is Cc1cc(CC[C@@H]2CN(C(=O)Cc3csc(C)n3)CCO2)ncn1. The second kappa shape index (κ2) is 7.81. The smallest absolute Gasteiger partial charge is 0.228 e. The van der Waals surface area contributed by atoms with Crippen LogP contribution in [0.3, 0.4) is 0 Å². The van der Waals surface area contributed by atoms with Gasteiger partial charge >= 0.3 is 0 Å². The number of carbonyl (C=O) groups excluding carboxylic acids is 1. The third-order valence-corrected chi connectivity index (χ3v) is 4.90. The molecule has 3 rings (SSSR count). The molecule has 0 bridgehead atoms. The van der Waals surface area contributed by atoms with Crippen LogP contribution in [-0.2, 0) is 22.4 Å². The Morgan fingerprint density at radius 2 is 2.25 bits per heavy atom. The van der Waals surface area contributed by atoms with Crippen molar-refractivity contribution >= 4 is 17.2 Å². The van der Waals surface area contributed by atoms with Crippen LogP contribution >= 0.6 is 11.3 Å². The highest BCUT2D eigenvalue weighted by Crippen LogP contribution is 2.14. The Hall–Kier alpha value is -1.86. The standard InChI is InChI=1S/C17H22N4O2S/c1-12-7-14(19-11-18-12)3-4-16-9-21(5-6-23-16)17(22)8-15-10-24-13(2)20-15/h7,10-11,16H,3-6,8-9H2,1-2H3/t16-/m1/s1. The molecule has 1 amide bonds. The topological polar surface area (TPSA) is 68.2 Å². The molecule has 1 aliphatic heterocycles. The molecule has 2 aromatic rings. The summed E-state index contributed by atoms with van der Waals surface area (Å²) >= 11 is 1.58. The van der Waals surface area contributed by atoms with Gasteiger partial charge in [-0.25, -0.2) is 15.0 Å². The first-order chi connectivity index (χ1) is 11.6. The molecule has 128 valence electrons. The molecule has 0 unspecified atom stereocenters. The number of thiazole rings is 1. The number of hydrogen-bond acceptors (Lipinski definition) is 6. The maximum Gasteiger partial charge on any atom is 0.228 e. The van der Waals surface area contributed by atoms with Crippen LogP contribution in [0.4, 0.5) is 0 Å². The summed E-state index contributed by atoms with van der Waals surface area (Å²) < 4.78 is 5.81. The van der Waals surface area contributed by atoms with Gasteiger partial charge in [-0.3, -0.25) is 4.79 Å². The Morgan fingerprint density at radius 1 is 1.38 bits per heavy atom. The molecular formula is C17H22N4O2S. The molecule has 0 saturated carbocycles. The first-order valence-electron chi connectivity index (χ1n) is 8.18. The Balaban J connectivity index is 1.51. The maximum atomic E-state index is 12.5. The second-order valence-electron chi connectivity index (χ2n) is 6.06. The Morgan fingerprint density at radius 3 is 3.00 bits per heavy atom. The van der Waals surface area contributed by atoms with E-state index in [2.05, 4.69) is 15.0 Å². The number of ether oxygens (including phenoxy) is 1. The number of hydrogen-bond donors (Lipinski definition) is 0. The molecule has 1 saturated heterocycles. The van der Waals surface area contributed by atoms with E-state index in [1.165, 1.54) is 0 Å². The molecule has 7 heteroatoms. The van der Waals surface area contributed by atoms with Crippen molar-refractivity contribution in [2.45, 2.75) is 39.2 Å². The molecule has 1 atom stereocenters. The van der Waals surface area contributed by atoms with Crippen LogP contribution in [0.25, 0.3) is 0 Å². The number of aromatic nitrogens is 3. The van der Waals surface area contributed by atoms with Crippen molar-refractivity contribution in [2.24, 2.45) is 0 Å². The van der Waals surface area contributed by atoms with Gasteiger partial charge in [-0.2, -0.15) is 0 Å². The van der Waals surface area contributed by atoms with Gasteiger partial charge in [-0.15, -0.1) is 11.3 Å². The predicted molar refractivity (Wildman–Crippen MR) is 92.0 cm³/mol. The van der Waals surface area contributed by atoms with Gasteiger partial charge in [-0.05, 0) is 32.8 Å². The van der Waals surface area contributed by atoms with Crippen molar-refractivity contribution in [3.63, 3.8) is 0 Å². The van der Waals surface area contributed by atoms with Crippen LogP contribution in [-0.4, -0.2) is 51.6 Å². The zero-order chi connectivity index (χ0) is 16.9. The van der Waals surface area contributed by atoms with Gasteiger partial charge in [0.25, 0.3) is 0 Å². The molecule has 0 radical (unpaired) electrons. The van der Waals surface area contributed by atoms with Crippen LogP contribution < -0.4 is 0 Å². The molecule has 0 aromatic carbocycles. The first-order valence-corrected chi connectivity index (χ1v) is 9.06. The highest BCUT2D eigenvalue weighted by Gasteiger charge is 2.24. The van der Waals surface area contributed by atoms with Crippen molar-refractivity contribution in [3.8, 4) is 0 Å². The van der Waals surface area contributed by atoms with E-state index in [0.29, 0.717) is 26.1 Å². The van der Waals surface area contributed by atoms with Crippen molar-refractivity contribution in [3.05, 3.63) is 39.9 Å². The minimum absolute atomic E-state index is 0.0649. The van der Waals surface area contributed by atoms with Crippen molar-refractivity contribution in [2.75, 3.05) is 19.7 Å². The number of carbonyl (C=O) groups is 1.